The molecule has 1 unspecified atom stereocenters. The van der Waals surface area contributed by atoms with Crippen molar-refractivity contribution in [2.45, 2.75) is 38.5 Å². The van der Waals surface area contributed by atoms with Gasteiger partial charge in [-0.3, -0.25) is 9.59 Å². The van der Waals surface area contributed by atoms with Gasteiger partial charge in [0, 0.05) is 23.5 Å². The summed E-state index contributed by atoms with van der Waals surface area (Å²) < 4.78 is 5.76. The average Bonchev–Trinajstić information content (AvgIpc) is 3.49. The van der Waals surface area contributed by atoms with E-state index in [1.165, 1.54) is 13.0 Å². The predicted molar refractivity (Wildman–Crippen MR) is 144 cm³/mol. The molecule has 9 nitrogen and oxygen atoms in total. The zero-order valence-corrected chi connectivity index (χ0v) is 20.8. The van der Waals surface area contributed by atoms with E-state index in [0.29, 0.717) is 11.5 Å². The van der Waals surface area contributed by atoms with E-state index in [0.717, 1.165) is 5.69 Å². The van der Waals surface area contributed by atoms with Crippen LogP contribution in [0.1, 0.15) is 26.0 Å². The summed E-state index contributed by atoms with van der Waals surface area (Å²) >= 11 is 0. The number of hydrogen-bond acceptors (Lipinski definition) is 5. The molecule has 5 N–H and O–H groups in total. The van der Waals surface area contributed by atoms with E-state index in [-0.39, 0.29) is 12.1 Å². The molecule has 0 aliphatic carbocycles. The maximum Gasteiger partial charge on any atom is 0.326 e. The quantitative estimate of drug-likeness (QED) is 0.240. The van der Waals surface area contributed by atoms with Crippen molar-refractivity contribution in [1.29, 1.82) is 0 Å². The topological polar surface area (TPSA) is 147 Å². The van der Waals surface area contributed by atoms with Gasteiger partial charge in [-0.05, 0) is 32.1 Å². The van der Waals surface area contributed by atoms with Crippen LogP contribution in [0.3, 0.4) is 0 Å². The third-order valence-corrected chi connectivity index (χ3v) is 5.00. The molecule has 0 aromatic carbocycles. The fourth-order valence-corrected chi connectivity index (χ4v) is 3.01. The zero-order chi connectivity index (χ0) is 27.0. The number of rotatable bonds is 13. The molecule has 0 radical (unpaired) electrons. The van der Waals surface area contributed by atoms with Crippen LogP contribution in [0.5, 0.6) is 0 Å². The molecule has 2 rings (SSSR count). The van der Waals surface area contributed by atoms with Crippen molar-refractivity contribution in [2.75, 3.05) is 0 Å². The Kier molecular flexibility index (Phi) is 11.9. The average molecular weight is 505 g/mol. The van der Waals surface area contributed by atoms with Gasteiger partial charge in [-0.2, -0.15) is 0 Å². The number of aromatic amines is 1. The van der Waals surface area contributed by atoms with Crippen molar-refractivity contribution in [3.05, 3.63) is 103 Å². The molecule has 1 aliphatic heterocycles. The Morgan fingerprint density at radius 2 is 1.76 bits per heavy atom. The SMILES string of the molecule is C\C(=C/C=C/C=C/C=C/C=C/C=C/[C@H]1N=C(/C=C/c2ccc[nH]2)O[C@@H]1C)C(=O)NC(CC(N)=O)C(=O)O. The van der Waals surface area contributed by atoms with Crippen molar-refractivity contribution < 1.29 is 24.2 Å². The lowest BCUT2D eigenvalue weighted by Gasteiger charge is -2.12. The Hall–Kier alpha value is -4.66. The van der Waals surface area contributed by atoms with Crippen molar-refractivity contribution in [1.82, 2.24) is 10.3 Å². The minimum atomic E-state index is -1.36. The molecule has 2 heterocycles. The van der Waals surface area contributed by atoms with Crippen LogP contribution in [-0.2, 0) is 19.1 Å². The maximum atomic E-state index is 12.0. The van der Waals surface area contributed by atoms with E-state index in [4.69, 9.17) is 15.6 Å². The standard InChI is InChI=1S/C28H32N4O5/c1-20(27(34)32-24(28(35)36)19-25(29)33)13-10-8-6-4-3-5-7-9-11-15-23-21(2)37-26(31-23)17-16-22-14-12-18-30-22/h3-18,21,23-24,30H,19H2,1-2H3,(H2,29,33)(H,32,34)(H,35,36)/b5-3+,6-4+,9-7+,10-8+,15-11+,17-16+,20-13+/t21-,23-,24?/m1/s1. The number of nitrogens with one attached hydrogen (secondary N) is 2. The minimum Gasteiger partial charge on any atom is -0.480 e. The number of ether oxygens (including phenoxy) is 1. The van der Waals surface area contributed by atoms with Crippen LogP contribution in [0.2, 0.25) is 0 Å². The highest BCUT2D eigenvalue weighted by molar-refractivity contribution is 5.96. The highest BCUT2D eigenvalue weighted by Gasteiger charge is 2.23. The van der Waals surface area contributed by atoms with Gasteiger partial charge in [0.15, 0.2) is 0 Å². The number of H-pyrrole nitrogens is 1. The number of carbonyl (C=O) groups excluding carboxylic acids is 2. The Labute approximate surface area is 216 Å². The summed E-state index contributed by atoms with van der Waals surface area (Å²) in [5.41, 5.74) is 6.28. The summed E-state index contributed by atoms with van der Waals surface area (Å²) in [6.07, 6.45) is 25.1. The summed E-state index contributed by atoms with van der Waals surface area (Å²) in [7, 11) is 0. The van der Waals surface area contributed by atoms with E-state index in [1.807, 2.05) is 79.9 Å². The molecular formula is C28H32N4O5. The molecule has 0 bridgehead atoms. The summed E-state index contributed by atoms with van der Waals surface area (Å²) in [6.45, 7) is 3.52. The molecule has 1 aromatic rings. The Morgan fingerprint density at radius 3 is 2.35 bits per heavy atom. The lowest BCUT2D eigenvalue weighted by molar-refractivity contribution is -0.142. The number of carboxylic acids is 1. The van der Waals surface area contributed by atoms with Gasteiger partial charge in [0.25, 0.3) is 0 Å². The van der Waals surface area contributed by atoms with E-state index < -0.39 is 30.2 Å². The first kappa shape index (κ1) is 28.6. The number of allylic oxidation sites excluding steroid dienone is 10. The van der Waals surface area contributed by atoms with E-state index in [9.17, 15) is 14.4 Å². The van der Waals surface area contributed by atoms with E-state index >= 15 is 0 Å². The van der Waals surface area contributed by atoms with Crippen LogP contribution in [0.25, 0.3) is 6.08 Å². The van der Waals surface area contributed by atoms with Gasteiger partial charge in [-0.1, -0.05) is 66.8 Å². The van der Waals surface area contributed by atoms with Gasteiger partial charge in [0.2, 0.25) is 17.7 Å². The highest BCUT2D eigenvalue weighted by atomic mass is 16.5. The number of aliphatic carboxylic acids is 1. The summed E-state index contributed by atoms with van der Waals surface area (Å²) in [4.78, 5) is 41.7. The second kappa shape index (κ2) is 15.4. The number of hydrogen-bond donors (Lipinski definition) is 4. The summed E-state index contributed by atoms with van der Waals surface area (Å²) in [5, 5.41) is 11.3. The number of amides is 2. The van der Waals surface area contributed by atoms with Gasteiger partial charge in [0.05, 0.1) is 6.42 Å². The van der Waals surface area contributed by atoms with Crippen LogP contribution in [0, 0.1) is 0 Å². The summed E-state index contributed by atoms with van der Waals surface area (Å²) in [5.74, 6) is -2.11. The Balaban J connectivity index is 1.74. The van der Waals surface area contributed by atoms with Crippen LogP contribution in [0.15, 0.2) is 102 Å². The fraction of sp³-hybridized carbons (Fsp3) is 0.214. The molecule has 0 spiro atoms. The summed E-state index contributed by atoms with van der Waals surface area (Å²) in [6, 6.07) is 2.49. The molecular weight excluding hydrogens is 472 g/mol. The zero-order valence-electron chi connectivity index (χ0n) is 20.8. The van der Waals surface area contributed by atoms with Crippen LogP contribution in [-0.4, -0.2) is 52.0 Å². The number of nitrogens with two attached hydrogens (primary N) is 1. The normalized spacial score (nSPS) is 19.5. The first-order valence-electron chi connectivity index (χ1n) is 11.7. The van der Waals surface area contributed by atoms with Crippen molar-refractivity contribution in [2.24, 2.45) is 10.7 Å². The van der Waals surface area contributed by atoms with Gasteiger partial charge in [-0.15, -0.1) is 0 Å². The van der Waals surface area contributed by atoms with Crippen LogP contribution in [0.4, 0.5) is 0 Å². The van der Waals surface area contributed by atoms with Crippen molar-refractivity contribution in [3.63, 3.8) is 0 Å². The fourth-order valence-electron chi connectivity index (χ4n) is 3.01. The molecule has 0 saturated heterocycles. The van der Waals surface area contributed by atoms with Gasteiger partial charge >= 0.3 is 5.97 Å². The van der Waals surface area contributed by atoms with E-state index in [2.05, 4.69) is 15.3 Å². The molecule has 3 atom stereocenters. The van der Waals surface area contributed by atoms with Gasteiger partial charge in [0.1, 0.15) is 18.2 Å². The first-order valence-corrected chi connectivity index (χ1v) is 11.7. The molecule has 194 valence electrons. The minimum absolute atomic E-state index is 0.0318. The molecule has 1 aromatic heterocycles. The number of primary amides is 1. The van der Waals surface area contributed by atoms with E-state index in [1.54, 1.807) is 18.2 Å². The highest BCUT2D eigenvalue weighted by Crippen LogP contribution is 2.16. The number of aromatic nitrogens is 1. The van der Waals surface area contributed by atoms with Crippen molar-refractivity contribution >= 4 is 29.8 Å². The molecule has 9 heteroatoms. The first-order chi connectivity index (χ1) is 17.8. The second-order valence-corrected chi connectivity index (χ2v) is 8.05. The smallest absolute Gasteiger partial charge is 0.326 e. The third-order valence-electron chi connectivity index (χ3n) is 5.00. The molecule has 2 amide bonds. The Morgan fingerprint density at radius 1 is 1.11 bits per heavy atom. The number of carboxylic acid groups (broad SMARTS) is 1. The molecule has 37 heavy (non-hydrogen) atoms. The number of aliphatic imine (C=N–C) groups is 1. The van der Waals surface area contributed by atoms with Crippen LogP contribution < -0.4 is 11.1 Å². The predicted octanol–water partition coefficient (Wildman–Crippen LogP) is 3.39. The third kappa shape index (κ3) is 11.1. The monoisotopic (exact) mass is 504 g/mol. The van der Waals surface area contributed by atoms with Crippen LogP contribution >= 0.6 is 0 Å². The number of nitrogens with zero attached hydrogens (tertiary/aromatic N) is 1. The lowest BCUT2D eigenvalue weighted by Crippen LogP contribution is -2.43. The lowest BCUT2D eigenvalue weighted by atomic mass is 10.1. The largest absolute Gasteiger partial charge is 0.480 e. The molecule has 1 aliphatic rings. The second-order valence-electron chi connectivity index (χ2n) is 8.05. The maximum absolute atomic E-state index is 12.0. The van der Waals surface area contributed by atoms with Crippen molar-refractivity contribution in [3.8, 4) is 0 Å². The van der Waals surface area contributed by atoms with Gasteiger partial charge in [-0.25, -0.2) is 9.79 Å². The molecule has 0 saturated carbocycles. The Bertz CT molecular complexity index is 1170. The molecule has 0 fully saturated rings. The number of carbonyl (C=O) groups is 3. The van der Waals surface area contributed by atoms with Gasteiger partial charge < -0.3 is 25.9 Å².